The summed E-state index contributed by atoms with van der Waals surface area (Å²) in [4.78, 5) is 31.3. The Balaban J connectivity index is 1.42. The van der Waals surface area contributed by atoms with Gasteiger partial charge in [-0.05, 0) is 30.7 Å². The number of amides is 2. The van der Waals surface area contributed by atoms with E-state index in [9.17, 15) is 9.59 Å². The lowest BCUT2D eigenvalue weighted by Crippen LogP contribution is -2.36. The fourth-order valence-electron chi connectivity index (χ4n) is 2.76. The number of aromatic nitrogens is 1. The van der Waals surface area contributed by atoms with Crippen LogP contribution in [0.5, 0.6) is 0 Å². The van der Waals surface area contributed by atoms with Crippen LogP contribution in [0.4, 0.5) is 5.69 Å². The molecule has 0 radical (unpaired) electrons. The van der Waals surface area contributed by atoms with Gasteiger partial charge in [-0.1, -0.05) is 18.2 Å². The van der Waals surface area contributed by atoms with E-state index in [-0.39, 0.29) is 11.8 Å². The second-order valence-electron chi connectivity index (χ2n) is 5.83. The van der Waals surface area contributed by atoms with E-state index >= 15 is 0 Å². The molecule has 6 heteroatoms. The lowest BCUT2D eigenvalue weighted by molar-refractivity contribution is -0.121. The van der Waals surface area contributed by atoms with Gasteiger partial charge in [0.1, 0.15) is 0 Å². The van der Waals surface area contributed by atoms with Crippen molar-refractivity contribution < 1.29 is 9.59 Å². The van der Waals surface area contributed by atoms with Gasteiger partial charge in [-0.3, -0.25) is 14.6 Å². The van der Waals surface area contributed by atoms with Crippen LogP contribution in [0.25, 0.3) is 0 Å². The Hall–Kier alpha value is -2.34. The van der Waals surface area contributed by atoms with E-state index in [0.29, 0.717) is 31.7 Å². The fourth-order valence-corrected chi connectivity index (χ4v) is 3.70. The van der Waals surface area contributed by atoms with E-state index in [1.807, 2.05) is 42.5 Å². The third-order valence-corrected chi connectivity index (χ3v) is 5.07. The van der Waals surface area contributed by atoms with Gasteiger partial charge in [-0.15, -0.1) is 11.8 Å². The summed E-state index contributed by atoms with van der Waals surface area (Å²) < 4.78 is 0. The summed E-state index contributed by atoms with van der Waals surface area (Å²) in [6.45, 7) is 1.15. The van der Waals surface area contributed by atoms with Crippen molar-refractivity contribution in [3.05, 3.63) is 54.4 Å². The van der Waals surface area contributed by atoms with Crippen LogP contribution in [0.1, 0.15) is 18.5 Å². The molecule has 0 fully saturated rings. The summed E-state index contributed by atoms with van der Waals surface area (Å²) in [6, 6.07) is 13.7. The molecule has 0 atom stereocenters. The summed E-state index contributed by atoms with van der Waals surface area (Å²) >= 11 is 1.57. The zero-order valence-electron chi connectivity index (χ0n) is 14.0. The second-order valence-corrected chi connectivity index (χ2v) is 6.84. The fraction of sp³-hybridized carbons (Fsp3) is 0.316. The molecule has 1 N–H and O–H groups in total. The molecular formula is C19H21N3O2S. The third kappa shape index (κ3) is 4.82. The van der Waals surface area contributed by atoms with Crippen molar-refractivity contribution in [3.63, 3.8) is 0 Å². The summed E-state index contributed by atoms with van der Waals surface area (Å²) in [7, 11) is 0. The van der Waals surface area contributed by atoms with Gasteiger partial charge in [-0.25, -0.2) is 0 Å². The van der Waals surface area contributed by atoms with E-state index in [1.54, 1.807) is 22.9 Å². The lowest BCUT2D eigenvalue weighted by atomic mass is 10.2. The van der Waals surface area contributed by atoms with E-state index < -0.39 is 0 Å². The van der Waals surface area contributed by atoms with Crippen LogP contribution in [0.3, 0.4) is 0 Å². The van der Waals surface area contributed by atoms with Crippen molar-refractivity contribution in [2.75, 3.05) is 23.7 Å². The highest BCUT2D eigenvalue weighted by molar-refractivity contribution is 8.00. The predicted molar refractivity (Wildman–Crippen MR) is 99.7 cm³/mol. The molecule has 2 aromatic rings. The molecule has 3 rings (SSSR count). The third-order valence-electron chi connectivity index (χ3n) is 4.02. The van der Waals surface area contributed by atoms with E-state index in [4.69, 9.17) is 0 Å². The molecule has 1 aliphatic heterocycles. The first-order valence-corrected chi connectivity index (χ1v) is 9.41. The maximum Gasteiger partial charge on any atom is 0.237 e. The van der Waals surface area contributed by atoms with Crippen LogP contribution in [-0.2, 0) is 16.0 Å². The van der Waals surface area contributed by atoms with Crippen molar-refractivity contribution in [1.29, 1.82) is 0 Å². The number of anilines is 1. The Morgan fingerprint density at radius 3 is 2.88 bits per heavy atom. The smallest absolute Gasteiger partial charge is 0.237 e. The largest absolute Gasteiger partial charge is 0.356 e. The van der Waals surface area contributed by atoms with Crippen LogP contribution < -0.4 is 10.2 Å². The number of thioether (sulfide) groups is 1. The Morgan fingerprint density at radius 1 is 1.20 bits per heavy atom. The molecule has 0 spiro atoms. The number of carbonyl (C=O) groups is 2. The van der Waals surface area contributed by atoms with Crippen LogP contribution in [0.15, 0.2) is 53.6 Å². The summed E-state index contributed by atoms with van der Waals surface area (Å²) in [5.41, 5.74) is 1.93. The van der Waals surface area contributed by atoms with Crippen LogP contribution in [0, 0.1) is 0 Å². The quantitative estimate of drug-likeness (QED) is 0.829. The Morgan fingerprint density at radius 2 is 2.04 bits per heavy atom. The number of hydrogen-bond acceptors (Lipinski definition) is 4. The second kappa shape index (κ2) is 8.67. The highest BCUT2D eigenvalue weighted by Gasteiger charge is 2.23. The molecular weight excluding hydrogens is 334 g/mol. The molecule has 1 aromatic carbocycles. The number of rotatable bonds is 7. The molecule has 0 saturated carbocycles. The van der Waals surface area contributed by atoms with Crippen molar-refractivity contribution in [1.82, 2.24) is 10.3 Å². The van der Waals surface area contributed by atoms with Crippen molar-refractivity contribution in [2.24, 2.45) is 0 Å². The lowest BCUT2D eigenvalue weighted by Gasteiger charge is -2.28. The first-order valence-electron chi connectivity index (χ1n) is 8.43. The van der Waals surface area contributed by atoms with Gasteiger partial charge in [0.05, 0.1) is 11.4 Å². The first-order chi connectivity index (χ1) is 12.2. The van der Waals surface area contributed by atoms with Crippen molar-refractivity contribution >= 4 is 29.3 Å². The van der Waals surface area contributed by atoms with Crippen molar-refractivity contribution in [3.8, 4) is 0 Å². The Kier molecular flexibility index (Phi) is 6.06. The molecule has 2 heterocycles. The summed E-state index contributed by atoms with van der Waals surface area (Å²) in [5, 5.41) is 2.91. The van der Waals surface area contributed by atoms with Crippen LogP contribution in [0.2, 0.25) is 0 Å². The summed E-state index contributed by atoms with van der Waals surface area (Å²) in [5.74, 6) is 0.593. The zero-order valence-corrected chi connectivity index (χ0v) is 14.8. The number of fused-ring (bicyclic) bond motifs is 1. The number of para-hydroxylation sites is 1. The van der Waals surface area contributed by atoms with Gasteiger partial charge < -0.3 is 10.2 Å². The van der Waals surface area contributed by atoms with E-state index in [0.717, 1.165) is 22.7 Å². The minimum absolute atomic E-state index is 0.0167. The number of nitrogens with one attached hydrogen (secondary N) is 1. The number of hydrogen-bond donors (Lipinski definition) is 1. The maximum atomic E-state index is 12.2. The Labute approximate surface area is 151 Å². The van der Waals surface area contributed by atoms with Crippen molar-refractivity contribution in [2.45, 2.75) is 24.2 Å². The van der Waals surface area contributed by atoms with E-state index in [1.165, 1.54) is 0 Å². The highest BCUT2D eigenvalue weighted by atomic mass is 32.2. The molecule has 0 saturated heterocycles. The minimum atomic E-state index is 0.0167. The number of nitrogens with zero attached hydrogens (tertiary/aromatic N) is 2. The minimum Gasteiger partial charge on any atom is -0.356 e. The molecule has 0 bridgehead atoms. The summed E-state index contributed by atoms with van der Waals surface area (Å²) in [6.07, 6.45) is 3.55. The highest BCUT2D eigenvalue weighted by Crippen LogP contribution is 2.34. The van der Waals surface area contributed by atoms with E-state index in [2.05, 4.69) is 10.3 Å². The number of benzene rings is 1. The van der Waals surface area contributed by atoms with Gasteiger partial charge >= 0.3 is 0 Å². The average Bonchev–Trinajstić information content (AvgIpc) is 2.64. The molecule has 0 aliphatic carbocycles. The predicted octanol–water partition coefficient (Wildman–Crippen LogP) is 2.66. The normalized spacial score (nSPS) is 13.4. The van der Waals surface area contributed by atoms with Crippen LogP contribution >= 0.6 is 11.8 Å². The van der Waals surface area contributed by atoms with Gasteiger partial charge in [0.2, 0.25) is 11.8 Å². The standard InChI is InChI=1S/C19H21N3O2S/c23-18(21-12-10-15-6-3-4-11-20-15)9-5-13-22-16-7-1-2-8-17(16)25-14-19(22)24/h1-4,6-8,11H,5,9-10,12-14H2,(H,21,23). The Bertz CT molecular complexity index is 736. The molecule has 0 unspecified atom stereocenters. The average molecular weight is 355 g/mol. The van der Waals surface area contributed by atoms with Gasteiger partial charge in [0.15, 0.2) is 0 Å². The van der Waals surface area contributed by atoms with Gasteiger partial charge in [0.25, 0.3) is 0 Å². The van der Waals surface area contributed by atoms with Gasteiger partial charge in [0, 0.05) is 42.7 Å². The van der Waals surface area contributed by atoms with Gasteiger partial charge in [-0.2, -0.15) is 0 Å². The van der Waals surface area contributed by atoms with Crippen LogP contribution in [-0.4, -0.2) is 35.6 Å². The molecule has 25 heavy (non-hydrogen) atoms. The molecule has 5 nitrogen and oxygen atoms in total. The number of pyridine rings is 1. The number of carbonyl (C=O) groups excluding carboxylic acids is 2. The zero-order chi connectivity index (χ0) is 17.5. The molecule has 130 valence electrons. The SMILES string of the molecule is O=C(CCCN1C(=O)CSc2ccccc21)NCCc1ccccn1. The maximum absolute atomic E-state index is 12.2. The topological polar surface area (TPSA) is 62.3 Å². The first kappa shape index (κ1) is 17.5. The molecule has 1 aliphatic rings. The molecule has 1 aromatic heterocycles. The monoisotopic (exact) mass is 355 g/mol. The molecule has 2 amide bonds.